The Morgan fingerprint density at radius 3 is 2.59 bits per heavy atom. The number of carbonyl (C=O) groups is 1. The van der Waals surface area contributed by atoms with E-state index in [2.05, 4.69) is 14.6 Å². The lowest BCUT2D eigenvalue weighted by atomic mass is 9.95. The number of aliphatic hydroxyl groups is 1. The number of fused-ring (bicyclic) bond motifs is 2. The average Bonchev–Trinajstić information content (AvgIpc) is 3.57. The molecule has 2 aliphatic heterocycles. The summed E-state index contributed by atoms with van der Waals surface area (Å²) in [7, 11) is 3.53. The summed E-state index contributed by atoms with van der Waals surface area (Å²) >= 11 is 0. The highest BCUT2D eigenvalue weighted by Crippen LogP contribution is 2.41. The van der Waals surface area contributed by atoms with Gasteiger partial charge in [-0.1, -0.05) is 12.1 Å². The monoisotopic (exact) mass is 563 g/mol. The van der Waals surface area contributed by atoms with E-state index in [0.29, 0.717) is 23.0 Å². The van der Waals surface area contributed by atoms with Gasteiger partial charge in [-0.25, -0.2) is 18.7 Å². The van der Waals surface area contributed by atoms with Crippen LogP contribution in [0.1, 0.15) is 61.7 Å². The van der Waals surface area contributed by atoms with Crippen LogP contribution in [-0.2, 0) is 18.4 Å². The number of piperidine rings is 1. The molecule has 2 aliphatic rings. The first kappa shape index (κ1) is 27.5. The molecule has 0 spiro atoms. The second-order valence-electron chi connectivity index (χ2n) is 11.2. The van der Waals surface area contributed by atoms with Gasteiger partial charge in [0.05, 0.1) is 35.3 Å². The average molecular weight is 564 g/mol. The van der Waals surface area contributed by atoms with E-state index in [1.54, 1.807) is 36.1 Å². The van der Waals surface area contributed by atoms with E-state index >= 15 is 0 Å². The van der Waals surface area contributed by atoms with E-state index in [0.717, 1.165) is 61.7 Å². The van der Waals surface area contributed by atoms with Gasteiger partial charge in [0, 0.05) is 61.4 Å². The molecule has 6 rings (SSSR count). The number of carbonyl (C=O) groups excluding carboxylic acids is 1. The van der Waals surface area contributed by atoms with E-state index in [9.17, 15) is 18.7 Å². The number of aryl methyl sites for hydroxylation is 1. The van der Waals surface area contributed by atoms with Gasteiger partial charge in [-0.2, -0.15) is 5.10 Å². The Balaban J connectivity index is 1.48. The van der Waals surface area contributed by atoms with Crippen LogP contribution >= 0.6 is 0 Å². The third-order valence-electron chi connectivity index (χ3n) is 8.49. The largest absolute Gasteiger partial charge is 0.396 e. The summed E-state index contributed by atoms with van der Waals surface area (Å²) < 4.78 is 32.5. The SMILES string of the molecule is C[C@@H]1C(=O)N(C)Cc2c(-c3cccc4nc(-c5cnn(C)c5)c(C(F)F)cc34)nc(C3CCN(CCCO)CC3)n21. The number of benzene rings is 1. The number of imidazole rings is 1. The minimum absolute atomic E-state index is 0.0313. The van der Waals surface area contributed by atoms with Crippen LogP contribution in [0.15, 0.2) is 36.7 Å². The minimum atomic E-state index is -2.72. The molecule has 9 nitrogen and oxygen atoms in total. The smallest absolute Gasteiger partial charge is 0.265 e. The van der Waals surface area contributed by atoms with Crippen molar-refractivity contribution in [1.82, 2.24) is 34.1 Å². The number of aliphatic hydroxyl groups excluding tert-OH is 1. The quantitative estimate of drug-likeness (QED) is 0.355. The van der Waals surface area contributed by atoms with Crippen LogP contribution in [0.5, 0.6) is 0 Å². The van der Waals surface area contributed by atoms with E-state index in [1.807, 2.05) is 25.1 Å². The van der Waals surface area contributed by atoms with E-state index in [4.69, 9.17) is 9.97 Å². The normalized spacial score (nSPS) is 18.6. The summed E-state index contributed by atoms with van der Waals surface area (Å²) in [5, 5.41) is 14.0. The third-order valence-corrected chi connectivity index (χ3v) is 8.49. The Morgan fingerprint density at radius 2 is 1.90 bits per heavy atom. The standard InChI is InChI=1S/C30H35F2N7O2/c1-18-30(41)36(2)17-25-27(35-29(39(18)25)19-8-11-38(12-9-19)10-5-13-40)21-6-4-7-24-22(21)14-23(28(31)32)26(34-24)20-15-33-37(3)16-20/h4,6-7,14-16,18-19,28,40H,5,8-13,17H2,1-3H3/t18-/m1/s1. The summed E-state index contributed by atoms with van der Waals surface area (Å²) in [4.78, 5) is 27.1. The zero-order valence-corrected chi connectivity index (χ0v) is 23.6. The second kappa shape index (κ2) is 10.9. The molecule has 1 aromatic carbocycles. The Labute approximate surface area is 237 Å². The van der Waals surface area contributed by atoms with Crippen LogP contribution in [-0.4, -0.2) is 78.4 Å². The van der Waals surface area contributed by atoms with Gasteiger partial charge in [0.1, 0.15) is 11.9 Å². The highest BCUT2D eigenvalue weighted by molar-refractivity contribution is 5.96. The number of amides is 1. The molecule has 11 heteroatoms. The maximum atomic E-state index is 14.4. The highest BCUT2D eigenvalue weighted by Gasteiger charge is 2.36. The first-order chi connectivity index (χ1) is 19.8. The Kier molecular flexibility index (Phi) is 7.33. The summed E-state index contributed by atoms with van der Waals surface area (Å²) in [5.41, 5.74) is 3.57. The molecule has 1 N–H and O–H groups in total. The Hall–Kier alpha value is -3.70. The van der Waals surface area contributed by atoms with Crippen LogP contribution in [0.25, 0.3) is 33.4 Å². The summed E-state index contributed by atoms with van der Waals surface area (Å²) in [6.45, 7) is 5.15. The lowest BCUT2D eigenvalue weighted by Crippen LogP contribution is -2.40. The van der Waals surface area contributed by atoms with Gasteiger partial charge in [-0.05, 0) is 51.4 Å². The number of halogens is 2. The lowest BCUT2D eigenvalue weighted by molar-refractivity contribution is -0.135. The maximum Gasteiger partial charge on any atom is 0.265 e. The number of nitrogens with zero attached hydrogens (tertiary/aromatic N) is 7. The molecule has 5 heterocycles. The van der Waals surface area contributed by atoms with Crippen molar-refractivity contribution >= 4 is 16.8 Å². The molecule has 1 atom stereocenters. The fourth-order valence-corrected chi connectivity index (χ4v) is 6.37. The lowest BCUT2D eigenvalue weighted by Gasteiger charge is -2.35. The number of hydrogen-bond acceptors (Lipinski definition) is 6. The van der Waals surface area contributed by atoms with Crippen molar-refractivity contribution < 1.29 is 18.7 Å². The second-order valence-corrected chi connectivity index (χ2v) is 11.2. The molecule has 3 aromatic heterocycles. The van der Waals surface area contributed by atoms with Crippen molar-refractivity contribution in [3.05, 3.63) is 53.7 Å². The van der Waals surface area contributed by atoms with Crippen LogP contribution < -0.4 is 0 Å². The zero-order valence-electron chi connectivity index (χ0n) is 23.6. The summed E-state index contributed by atoms with van der Waals surface area (Å²) in [5.74, 6) is 1.09. The Morgan fingerprint density at radius 1 is 1.12 bits per heavy atom. The molecule has 0 aliphatic carbocycles. The molecule has 0 bridgehead atoms. The molecule has 1 amide bonds. The van der Waals surface area contributed by atoms with E-state index < -0.39 is 12.5 Å². The number of rotatable bonds is 7. The first-order valence-electron chi connectivity index (χ1n) is 14.2. The van der Waals surface area contributed by atoms with Crippen LogP contribution in [0.4, 0.5) is 8.78 Å². The maximum absolute atomic E-state index is 14.4. The van der Waals surface area contributed by atoms with Gasteiger partial charge in [0.25, 0.3) is 6.43 Å². The fraction of sp³-hybridized carbons (Fsp3) is 0.467. The topological polar surface area (TPSA) is 92.3 Å². The zero-order chi connectivity index (χ0) is 28.8. The van der Waals surface area contributed by atoms with Crippen LogP contribution in [0.3, 0.4) is 0 Å². The summed E-state index contributed by atoms with van der Waals surface area (Å²) in [6, 6.07) is 6.75. The van der Waals surface area contributed by atoms with Gasteiger partial charge in [-0.15, -0.1) is 0 Å². The molecule has 1 saturated heterocycles. The van der Waals surface area contributed by atoms with Crippen LogP contribution in [0.2, 0.25) is 0 Å². The number of alkyl halides is 2. The van der Waals surface area contributed by atoms with Crippen molar-refractivity contribution in [2.24, 2.45) is 7.05 Å². The van der Waals surface area contributed by atoms with Gasteiger partial charge in [-0.3, -0.25) is 9.48 Å². The number of likely N-dealkylation sites (tertiary alicyclic amines) is 1. The predicted octanol–water partition coefficient (Wildman–Crippen LogP) is 4.53. The number of aromatic nitrogens is 5. The molecular formula is C30H35F2N7O2. The molecule has 216 valence electrons. The van der Waals surface area contributed by atoms with Gasteiger partial charge in [0.2, 0.25) is 5.91 Å². The fourth-order valence-electron chi connectivity index (χ4n) is 6.37. The van der Waals surface area contributed by atoms with Crippen molar-refractivity contribution in [2.45, 2.75) is 51.1 Å². The highest BCUT2D eigenvalue weighted by atomic mass is 19.3. The molecule has 0 unspecified atom stereocenters. The summed E-state index contributed by atoms with van der Waals surface area (Å²) in [6.07, 6.45) is 3.07. The van der Waals surface area contributed by atoms with Crippen molar-refractivity contribution in [2.75, 3.05) is 33.3 Å². The van der Waals surface area contributed by atoms with E-state index in [-0.39, 0.29) is 29.7 Å². The number of likely N-dealkylation sites (N-methyl/N-ethyl adjacent to an activating group) is 1. The predicted molar refractivity (Wildman–Crippen MR) is 151 cm³/mol. The minimum Gasteiger partial charge on any atom is -0.396 e. The molecular weight excluding hydrogens is 528 g/mol. The number of hydrogen-bond donors (Lipinski definition) is 1. The van der Waals surface area contributed by atoms with Gasteiger partial charge >= 0.3 is 0 Å². The molecule has 0 radical (unpaired) electrons. The third kappa shape index (κ3) is 4.91. The van der Waals surface area contributed by atoms with Crippen LogP contribution in [0, 0.1) is 0 Å². The first-order valence-corrected chi connectivity index (χ1v) is 14.2. The van der Waals surface area contributed by atoms with E-state index in [1.165, 1.54) is 6.07 Å². The number of pyridine rings is 1. The van der Waals surface area contributed by atoms with Gasteiger partial charge < -0.3 is 19.5 Å². The van der Waals surface area contributed by atoms with Crippen molar-refractivity contribution in [3.63, 3.8) is 0 Å². The van der Waals surface area contributed by atoms with Gasteiger partial charge in [0.15, 0.2) is 0 Å². The Bertz CT molecular complexity index is 1590. The molecule has 0 saturated carbocycles. The van der Waals surface area contributed by atoms with Crippen molar-refractivity contribution in [1.29, 1.82) is 0 Å². The van der Waals surface area contributed by atoms with Crippen molar-refractivity contribution in [3.8, 4) is 22.5 Å². The molecule has 1 fully saturated rings. The molecule has 41 heavy (non-hydrogen) atoms. The molecule has 4 aromatic rings.